The van der Waals surface area contributed by atoms with Gasteiger partial charge < -0.3 is 4.74 Å². The summed E-state index contributed by atoms with van der Waals surface area (Å²) in [6, 6.07) is 14.8. The van der Waals surface area contributed by atoms with E-state index >= 15 is 0 Å². The molecule has 3 heteroatoms. The Hall–Kier alpha value is -1.80. The molecule has 0 bridgehead atoms. The van der Waals surface area contributed by atoms with Gasteiger partial charge in [0.1, 0.15) is 5.75 Å². The van der Waals surface area contributed by atoms with Crippen LogP contribution in [0.5, 0.6) is 5.75 Å². The van der Waals surface area contributed by atoms with E-state index in [0.29, 0.717) is 5.02 Å². The summed E-state index contributed by atoms with van der Waals surface area (Å²) in [4.78, 5) is 11.8. The standard InChI is InChI=1S/C16H15ClO2/c1-11-5-3-4-6-15(11)19-16(12(2)18)13-7-9-14(17)10-8-13/h3-10,16H,1-2H3. The number of para-hydroxylation sites is 1. The summed E-state index contributed by atoms with van der Waals surface area (Å²) >= 11 is 5.86. The number of ether oxygens (including phenoxy) is 1. The summed E-state index contributed by atoms with van der Waals surface area (Å²) in [5.41, 5.74) is 1.81. The molecule has 0 saturated carbocycles. The third-order valence-electron chi connectivity index (χ3n) is 2.88. The Bertz CT molecular complexity index is 576. The van der Waals surface area contributed by atoms with Crippen molar-refractivity contribution >= 4 is 17.4 Å². The van der Waals surface area contributed by atoms with Crippen LogP contribution in [0.1, 0.15) is 24.2 Å². The minimum absolute atomic E-state index is 0.0365. The van der Waals surface area contributed by atoms with Crippen LogP contribution in [0.25, 0.3) is 0 Å². The summed E-state index contributed by atoms with van der Waals surface area (Å²) in [5, 5.41) is 0.641. The van der Waals surface area contributed by atoms with Crippen LogP contribution in [0.3, 0.4) is 0 Å². The molecule has 0 heterocycles. The van der Waals surface area contributed by atoms with Gasteiger partial charge >= 0.3 is 0 Å². The van der Waals surface area contributed by atoms with E-state index in [4.69, 9.17) is 16.3 Å². The molecule has 2 nitrogen and oxygen atoms in total. The van der Waals surface area contributed by atoms with Crippen LogP contribution in [0.2, 0.25) is 5.02 Å². The highest BCUT2D eigenvalue weighted by molar-refractivity contribution is 6.30. The molecular weight excluding hydrogens is 260 g/mol. The van der Waals surface area contributed by atoms with Crippen molar-refractivity contribution < 1.29 is 9.53 Å². The zero-order valence-electron chi connectivity index (χ0n) is 10.9. The molecule has 2 aromatic rings. The van der Waals surface area contributed by atoms with Gasteiger partial charge in [-0.3, -0.25) is 4.79 Å². The maximum atomic E-state index is 11.8. The lowest BCUT2D eigenvalue weighted by Gasteiger charge is -2.18. The van der Waals surface area contributed by atoms with E-state index < -0.39 is 6.10 Å². The number of aryl methyl sites for hydroxylation is 1. The van der Waals surface area contributed by atoms with Crippen LogP contribution in [0, 0.1) is 6.92 Å². The number of halogens is 1. The van der Waals surface area contributed by atoms with E-state index in [9.17, 15) is 4.79 Å². The van der Waals surface area contributed by atoms with E-state index in [1.165, 1.54) is 6.92 Å². The van der Waals surface area contributed by atoms with Gasteiger partial charge in [0.2, 0.25) is 0 Å². The number of rotatable bonds is 4. The largest absolute Gasteiger partial charge is 0.478 e. The molecule has 0 aliphatic heterocycles. The van der Waals surface area contributed by atoms with Crippen LogP contribution in [0.4, 0.5) is 0 Å². The van der Waals surface area contributed by atoms with Crippen molar-refractivity contribution in [2.75, 3.05) is 0 Å². The Balaban J connectivity index is 2.29. The molecule has 0 aliphatic carbocycles. The molecule has 0 N–H and O–H groups in total. The third kappa shape index (κ3) is 3.36. The second-order valence-corrected chi connectivity index (χ2v) is 4.86. The summed E-state index contributed by atoms with van der Waals surface area (Å²) in [6.07, 6.45) is -0.599. The monoisotopic (exact) mass is 274 g/mol. The van der Waals surface area contributed by atoms with E-state index in [1.807, 2.05) is 43.3 Å². The zero-order valence-corrected chi connectivity index (χ0v) is 11.6. The van der Waals surface area contributed by atoms with Gasteiger partial charge in [0.25, 0.3) is 0 Å². The summed E-state index contributed by atoms with van der Waals surface area (Å²) in [7, 11) is 0. The molecule has 0 spiro atoms. The van der Waals surface area contributed by atoms with E-state index in [0.717, 1.165) is 16.9 Å². The number of hydrogen-bond acceptors (Lipinski definition) is 2. The van der Waals surface area contributed by atoms with Gasteiger partial charge in [-0.25, -0.2) is 0 Å². The Kier molecular flexibility index (Phi) is 4.23. The fourth-order valence-electron chi connectivity index (χ4n) is 1.84. The minimum atomic E-state index is -0.599. The highest BCUT2D eigenvalue weighted by Crippen LogP contribution is 2.26. The average molecular weight is 275 g/mol. The molecular formula is C16H15ClO2. The van der Waals surface area contributed by atoms with Crippen LogP contribution >= 0.6 is 11.6 Å². The van der Waals surface area contributed by atoms with Crippen molar-refractivity contribution in [3.63, 3.8) is 0 Å². The zero-order chi connectivity index (χ0) is 13.8. The van der Waals surface area contributed by atoms with Gasteiger partial charge in [0, 0.05) is 5.02 Å². The summed E-state index contributed by atoms with van der Waals surface area (Å²) in [5.74, 6) is 0.684. The van der Waals surface area contributed by atoms with Gasteiger partial charge in [-0.2, -0.15) is 0 Å². The molecule has 0 aromatic heterocycles. The molecule has 2 aromatic carbocycles. The van der Waals surface area contributed by atoms with Crippen molar-refractivity contribution in [1.82, 2.24) is 0 Å². The van der Waals surface area contributed by atoms with Crippen molar-refractivity contribution in [3.8, 4) is 5.75 Å². The van der Waals surface area contributed by atoms with E-state index in [1.54, 1.807) is 12.1 Å². The fraction of sp³-hybridized carbons (Fsp3) is 0.188. The molecule has 0 amide bonds. The maximum absolute atomic E-state index is 11.8. The number of carbonyl (C=O) groups is 1. The van der Waals surface area contributed by atoms with Gasteiger partial charge in [-0.1, -0.05) is 41.9 Å². The van der Waals surface area contributed by atoms with Crippen LogP contribution in [-0.4, -0.2) is 5.78 Å². The lowest BCUT2D eigenvalue weighted by atomic mass is 10.1. The highest BCUT2D eigenvalue weighted by atomic mass is 35.5. The fourth-order valence-corrected chi connectivity index (χ4v) is 1.96. The van der Waals surface area contributed by atoms with Gasteiger partial charge in [0.15, 0.2) is 11.9 Å². The maximum Gasteiger partial charge on any atom is 0.181 e. The highest BCUT2D eigenvalue weighted by Gasteiger charge is 2.19. The van der Waals surface area contributed by atoms with Crippen LogP contribution < -0.4 is 4.74 Å². The van der Waals surface area contributed by atoms with E-state index in [-0.39, 0.29) is 5.78 Å². The normalized spacial score (nSPS) is 11.9. The van der Waals surface area contributed by atoms with E-state index in [2.05, 4.69) is 0 Å². The Morgan fingerprint density at radius 2 is 1.74 bits per heavy atom. The Morgan fingerprint density at radius 1 is 1.11 bits per heavy atom. The predicted octanol–water partition coefficient (Wildman–Crippen LogP) is 4.36. The topological polar surface area (TPSA) is 26.3 Å². The molecule has 0 fully saturated rings. The van der Waals surface area contributed by atoms with Crippen molar-refractivity contribution in [2.24, 2.45) is 0 Å². The second kappa shape index (κ2) is 5.89. The number of benzene rings is 2. The van der Waals surface area contributed by atoms with Crippen LogP contribution in [-0.2, 0) is 4.79 Å². The van der Waals surface area contributed by atoms with Crippen molar-refractivity contribution in [3.05, 3.63) is 64.7 Å². The molecule has 0 saturated heterocycles. The SMILES string of the molecule is CC(=O)C(Oc1ccccc1C)c1ccc(Cl)cc1. The first kappa shape index (κ1) is 13.6. The van der Waals surface area contributed by atoms with Gasteiger partial charge in [0.05, 0.1) is 0 Å². The lowest BCUT2D eigenvalue weighted by molar-refractivity contribution is -0.123. The van der Waals surface area contributed by atoms with Gasteiger partial charge in [-0.15, -0.1) is 0 Å². The third-order valence-corrected chi connectivity index (χ3v) is 3.13. The smallest absolute Gasteiger partial charge is 0.181 e. The number of carbonyl (C=O) groups excluding carboxylic acids is 1. The van der Waals surface area contributed by atoms with Crippen LogP contribution in [0.15, 0.2) is 48.5 Å². The molecule has 0 aliphatic rings. The lowest BCUT2D eigenvalue weighted by Crippen LogP contribution is -2.16. The molecule has 1 unspecified atom stereocenters. The minimum Gasteiger partial charge on any atom is -0.478 e. The second-order valence-electron chi connectivity index (χ2n) is 4.43. The first-order chi connectivity index (χ1) is 9.08. The number of ketones is 1. The Labute approximate surface area is 118 Å². The molecule has 98 valence electrons. The molecule has 19 heavy (non-hydrogen) atoms. The number of Topliss-reactive ketones (excluding diaryl/α,β-unsaturated/α-hetero) is 1. The first-order valence-corrected chi connectivity index (χ1v) is 6.44. The van der Waals surface area contributed by atoms with Crippen molar-refractivity contribution in [1.29, 1.82) is 0 Å². The average Bonchev–Trinajstić information content (AvgIpc) is 2.39. The quantitative estimate of drug-likeness (QED) is 0.828. The van der Waals surface area contributed by atoms with Crippen molar-refractivity contribution in [2.45, 2.75) is 20.0 Å². The molecule has 2 rings (SSSR count). The molecule has 1 atom stereocenters. The predicted molar refractivity (Wildman–Crippen MR) is 76.7 cm³/mol. The number of hydrogen-bond donors (Lipinski definition) is 0. The van der Waals surface area contributed by atoms with Gasteiger partial charge in [-0.05, 0) is 43.2 Å². The Morgan fingerprint density at radius 3 is 2.32 bits per heavy atom. The summed E-state index contributed by atoms with van der Waals surface area (Å²) < 4.78 is 5.84. The molecule has 0 radical (unpaired) electrons. The first-order valence-electron chi connectivity index (χ1n) is 6.06. The summed E-state index contributed by atoms with van der Waals surface area (Å²) in [6.45, 7) is 3.48.